The quantitative estimate of drug-likeness (QED) is 0.575. The molecule has 0 spiro atoms. The van der Waals surface area contributed by atoms with Gasteiger partial charge in [0.05, 0.1) is 13.1 Å². The van der Waals surface area contributed by atoms with Crippen molar-refractivity contribution in [3.63, 3.8) is 0 Å². The number of carbonyl (C=O) groups excluding carboxylic acids is 1. The van der Waals surface area contributed by atoms with Crippen molar-refractivity contribution in [3.05, 3.63) is 30.1 Å². The number of hydrogen-bond acceptors (Lipinski definition) is 2. The van der Waals surface area contributed by atoms with Gasteiger partial charge in [0.2, 0.25) is 0 Å². The van der Waals surface area contributed by atoms with Gasteiger partial charge in [0.15, 0.2) is 0 Å². The molecule has 0 N–H and O–H groups in total. The number of likely N-dealkylation sites (tertiary alicyclic amines) is 1. The van der Waals surface area contributed by atoms with E-state index in [0.717, 1.165) is 0 Å². The molecule has 0 saturated carbocycles. The summed E-state index contributed by atoms with van der Waals surface area (Å²) in [6.07, 6.45) is -0.0434. The minimum atomic E-state index is -0.464. The minimum absolute atomic E-state index is 0.0434. The Balaban J connectivity index is 1.85. The summed E-state index contributed by atoms with van der Waals surface area (Å²) >= 11 is 5.25. The molecule has 1 amide bonds. The van der Waals surface area contributed by atoms with Gasteiger partial charge in [-0.2, -0.15) is 0 Å². The number of ether oxygens (including phenoxy) is 1. The topological polar surface area (TPSA) is 29.5 Å². The molecule has 1 aliphatic rings. The molecule has 0 atom stereocenters. The van der Waals surface area contributed by atoms with Crippen molar-refractivity contribution in [2.45, 2.75) is 6.10 Å². The molecule has 0 unspecified atom stereocenters. The first kappa shape index (κ1) is 10.2. The second kappa shape index (κ2) is 4.06. The number of amides is 1. The Bertz CT molecular complexity index is 362. The van der Waals surface area contributed by atoms with Crippen LogP contribution in [0.4, 0.5) is 9.18 Å². The van der Waals surface area contributed by atoms with Crippen molar-refractivity contribution < 1.29 is 13.9 Å². The first-order valence-electron chi connectivity index (χ1n) is 4.52. The number of nitrogens with zero attached hydrogens (tertiary/aromatic N) is 1. The largest absolute Gasteiger partial charge is 0.487 e. The van der Waals surface area contributed by atoms with Gasteiger partial charge in [0.1, 0.15) is 17.7 Å². The van der Waals surface area contributed by atoms with Crippen molar-refractivity contribution in [1.29, 1.82) is 0 Å². The Morgan fingerprint density at radius 1 is 1.40 bits per heavy atom. The third-order valence-corrected chi connectivity index (χ3v) is 2.45. The highest BCUT2D eigenvalue weighted by Gasteiger charge is 2.31. The molecule has 5 heteroatoms. The van der Waals surface area contributed by atoms with E-state index in [-0.39, 0.29) is 11.9 Å². The van der Waals surface area contributed by atoms with Crippen molar-refractivity contribution in [3.8, 4) is 5.75 Å². The molecule has 1 heterocycles. The van der Waals surface area contributed by atoms with Crippen LogP contribution in [-0.4, -0.2) is 29.5 Å². The average Bonchev–Trinajstić information content (AvgIpc) is 2.13. The molecular formula is C10H9ClFNO2. The first-order valence-corrected chi connectivity index (χ1v) is 4.89. The van der Waals surface area contributed by atoms with Crippen LogP contribution in [0.2, 0.25) is 0 Å². The Morgan fingerprint density at radius 2 is 2.00 bits per heavy atom. The van der Waals surface area contributed by atoms with Crippen LogP contribution in [0.5, 0.6) is 5.75 Å². The van der Waals surface area contributed by atoms with E-state index in [4.69, 9.17) is 16.3 Å². The number of rotatable bonds is 2. The van der Waals surface area contributed by atoms with E-state index in [1.54, 1.807) is 12.1 Å². The predicted molar refractivity (Wildman–Crippen MR) is 53.6 cm³/mol. The molecule has 1 saturated heterocycles. The molecule has 15 heavy (non-hydrogen) atoms. The zero-order chi connectivity index (χ0) is 10.8. The fourth-order valence-corrected chi connectivity index (χ4v) is 1.50. The predicted octanol–water partition coefficient (Wildman–Crippen LogP) is 2.25. The second-order valence-corrected chi connectivity index (χ2v) is 3.68. The maximum absolute atomic E-state index is 12.6. The normalized spacial score (nSPS) is 16.0. The Labute approximate surface area is 91.4 Å². The van der Waals surface area contributed by atoms with Gasteiger partial charge in [0.25, 0.3) is 0 Å². The number of halogens is 2. The lowest BCUT2D eigenvalue weighted by Gasteiger charge is -2.37. The number of carbonyl (C=O) groups is 1. The van der Waals surface area contributed by atoms with Gasteiger partial charge < -0.3 is 9.64 Å². The summed E-state index contributed by atoms with van der Waals surface area (Å²) in [5, 5.41) is -0.464. The summed E-state index contributed by atoms with van der Waals surface area (Å²) in [5.74, 6) is 0.302. The fourth-order valence-electron chi connectivity index (χ4n) is 1.36. The molecule has 0 aromatic heterocycles. The van der Waals surface area contributed by atoms with Crippen molar-refractivity contribution in [2.75, 3.05) is 13.1 Å². The first-order chi connectivity index (χ1) is 7.15. The standard InChI is InChI=1S/C10H9ClFNO2/c11-10(14)13-5-9(6-13)15-8-3-1-7(12)2-4-8/h1-4,9H,5-6H2. The molecule has 0 bridgehead atoms. The minimum Gasteiger partial charge on any atom is -0.487 e. The summed E-state index contributed by atoms with van der Waals surface area (Å²) in [6.45, 7) is 0.972. The third-order valence-electron chi connectivity index (χ3n) is 2.21. The van der Waals surface area contributed by atoms with Crippen molar-refractivity contribution in [2.24, 2.45) is 0 Å². The van der Waals surface area contributed by atoms with Gasteiger partial charge in [-0.25, -0.2) is 4.39 Å². The zero-order valence-corrected chi connectivity index (χ0v) is 8.58. The molecule has 3 nitrogen and oxygen atoms in total. The van der Waals surface area contributed by atoms with E-state index in [1.807, 2.05) is 0 Å². The van der Waals surface area contributed by atoms with E-state index in [1.165, 1.54) is 17.0 Å². The van der Waals surface area contributed by atoms with Crippen LogP contribution in [0.3, 0.4) is 0 Å². The van der Waals surface area contributed by atoms with Gasteiger partial charge in [-0.15, -0.1) is 0 Å². The van der Waals surface area contributed by atoms with Crippen LogP contribution < -0.4 is 4.74 Å². The molecule has 1 aliphatic heterocycles. The second-order valence-electron chi connectivity index (χ2n) is 3.35. The van der Waals surface area contributed by atoms with Crippen LogP contribution in [0, 0.1) is 5.82 Å². The maximum Gasteiger partial charge on any atom is 0.316 e. The maximum atomic E-state index is 12.6. The molecule has 1 fully saturated rings. The summed E-state index contributed by atoms with van der Waals surface area (Å²) in [4.78, 5) is 12.1. The lowest BCUT2D eigenvalue weighted by molar-refractivity contribution is 0.0530. The van der Waals surface area contributed by atoms with Crippen molar-refractivity contribution >= 4 is 17.0 Å². The van der Waals surface area contributed by atoms with Crippen molar-refractivity contribution in [1.82, 2.24) is 4.90 Å². The monoisotopic (exact) mass is 229 g/mol. The van der Waals surface area contributed by atoms with E-state index in [9.17, 15) is 9.18 Å². The molecule has 2 rings (SSSR count). The van der Waals surface area contributed by atoms with Gasteiger partial charge in [-0.1, -0.05) is 0 Å². The summed E-state index contributed by atoms with van der Waals surface area (Å²) < 4.78 is 18.0. The molecular weight excluding hydrogens is 221 g/mol. The number of benzene rings is 1. The van der Waals surface area contributed by atoms with Crippen LogP contribution in [0.25, 0.3) is 0 Å². The molecule has 1 aromatic rings. The van der Waals surface area contributed by atoms with E-state index < -0.39 is 5.37 Å². The van der Waals surface area contributed by atoms with Gasteiger partial charge in [0, 0.05) is 0 Å². The van der Waals surface area contributed by atoms with E-state index in [2.05, 4.69) is 0 Å². The highest BCUT2D eigenvalue weighted by Crippen LogP contribution is 2.19. The fraction of sp³-hybridized carbons (Fsp3) is 0.300. The molecule has 1 aromatic carbocycles. The van der Waals surface area contributed by atoms with Crippen LogP contribution in [-0.2, 0) is 0 Å². The summed E-state index contributed by atoms with van der Waals surface area (Å²) in [5.41, 5.74) is 0. The number of hydrogen-bond donors (Lipinski definition) is 0. The molecule has 0 radical (unpaired) electrons. The van der Waals surface area contributed by atoms with Gasteiger partial charge in [-0.05, 0) is 35.9 Å². The van der Waals surface area contributed by atoms with Gasteiger partial charge >= 0.3 is 5.37 Å². The van der Waals surface area contributed by atoms with Crippen LogP contribution in [0.15, 0.2) is 24.3 Å². The zero-order valence-electron chi connectivity index (χ0n) is 7.82. The van der Waals surface area contributed by atoms with E-state index in [0.29, 0.717) is 18.8 Å². The highest BCUT2D eigenvalue weighted by molar-refractivity contribution is 6.62. The van der Waals surface area contributed by atoms with Crippen LogP contribution in [0.1, 0.15) is 0 Å². The Hall–Kier alpha value is -1.29. The SMILES string of the molecule is O=C(Cl)N1CC(Oc2ccc(F)cc2)C1. The van der Waals surface area contributed by atoms with Gasteiger partial charge in [-0.3, -0.25) is 4.79 Å². The lowest BCUT2D eigenvalue weighted by Crippen LogP contribution is -2.54. The third kappa shape index (κ3) is 2.39. The average molecular weight is 230 g/mol. The lowest BCUT2D eigenvalue weighted by atomic mass is 10.2. The highest BCUT2D eigenvalue weighted by atomic mass is 35.5. The molecule has 80 valence electrons. The summed E-state index contributed by atoms with van der Waals surface area (Å²) in [7, 11) is 0. The van der Waals surface area contributed by atoms with E-state index >= 15 is 0 Å². The smallest absolute Gasteiger partial charge is 0.316 e. The Morgan fingerprint density at radius 3 is 2.53 bits per heavy atom. The van der Waals surface area contributed by atoms with Crippen LogP contribution >= 0.6 is 11.6 Å². The summed E-state index contributed by atoms with van der Waals surface area (Å²) in [6, 6.07) is 5.78. The molecule has 0 aliphatic carbocycles. The Kier molecular flexibility index (Phi) is 2.77.